The summed E-state index contributed by atoms with van der Waals surface area (Å²) in [4.78, 5) is 35.7. The van der Waals surface area contributed by atoms with Crippen LogP contribution in [-0.2, 0) is 16.0 Å². The summed E-state index contributed by atoms with van der Waals surface area (Å²) >= 11 is 0. The van der Waals surface area contributed by atoms with E-state index in [4.69, 9.17) is 14.1 Å². The number of ether oxygens (including phenoxy) is 1. The smallest absolute Gasteiger partial charge is 0.255 e. The Morgan fingerprint density at radius 1 is 1.03 bits per heavy atom. The second-order valence-electron chi connectivity index (χ2n) is 10.1. The van der Waals surface area contributed by atoms with Crippen molar-refractivity contribution in [3.63, 3.8) is 0 Å². The van der Waals surface area contributed by atoms with Crippen LogP contribution in [0, 0.1) is 5.92 Å². The van der Waals surface area contributed by atoms with Gasteiger partial charge in [-0.1, -0.05) is 25.1 Å². The minimum Gasteiger partial charge on any atom is -0.465 e. The Morgan fingerprint density at radius 3 is 2.58 bits per heavy atom. The zero-order valence-electron chi connectivity index (χ0n) is 20.6. The van der Waals surface area contributed by atoms with Gasteiger partial charge in [0.05, 0.1) is 23.0 Å². The number of benzene rings is 1. The average molecular weight is 486 g/mol. The Bertz CT molecular complexity index is 1320. The molecule has 2 atom stereocenters. The standard InChI is InChI=1S/C29H31N3O4/c1-19-16-20(18-21-6-4-14-35-21)27-23(17-19)26(22-7-2-3-8-24(22)30-27)29(34)32-12-10-31(11-13-32)28(33)25-9-5-15-36-25/h2-4,6-8,14,18-19,25H,5,9-13,15-17H2,1H3/b20-18-. The number of allylic oxidation sites excluding steroid dienone is 1. The number of fused-ring (bicyclic) bond motifs is 2. The van der Waals surface area contributed by atoms with Gasteiger partial charge in [0.15, 0.2) is 0 Å². The molecule has 2 aliphatic heterocycles. The molecule has 2 fully saturated rings. The highest BCUT2D eigenvalue weighted by molar-refractivity contribution is 6.09. The van der Waals surface area contributed by atoms with Gasteiger partial charge < -0.3 is 19.0 Å². The van der Waals surface area contributed by atoms with Crippen molar-refractivity contribution in [1.29, 1.82) is 0 Å². The fraction of sp³-hybridized carbons (Fsp3) is 0.414. The van der Waals surface area contributed by atoms with Crippen LogP contribution in [0.3, 0.4) is 0 Å². The molecule has 0 radical (unpaired) electrons. The van der Waals surface area contributed by atoms with E-state index in [0.29, 0.717) is 38.7 Å². The zero-order valence-corrected chi connectivity index (χ0v) is 20.6. The Balaban J connectivity index is 1.34. The highest BCUT2D eigenvalue weighted by Gasteiger charge is 2.34. The third-order valence-corrected chi connectivity index (χ3v) is 7.58. The number of rotatable bonds is 3. The summed E-state index contributed by atoms with van der Waals surface area (Å²) in [5.74, 6) is 1.27. The first-order valence-electron chi connectivity index (χ1n) is 12.9. The number of hydrogen-bond acceptors (Lipinski definition) is 5. The Kier molecular flexibility index (Phi) is 6.09. The van der Waals surface area contributed by atoms with E-state index in [-0.39, 0.29) is 17.9 Å². The average Bonchev–Trinajstić information content (AvgIpc) is 3.62. The van der Waals surface area contributed by atoms with Crippen molar-refractivity contribution in [2.24, 2.45) is 5.92 Å². The van der Waals surface area contributed by atoms with E-state index < -0.39 is 0 Å². The molecular weight excluding hydrogens is 454 g/mol. The Morgan fingerprint density at radius 2 is 1.83 bits per heavy atom. The summed E-state index contributed by atoms with van der Waals surface area (Å²) in [5, 5.41) is 0.894. The van der Waals surface area contributed by atoms with Crippen LogP contribution in [-0.4, -0.2) is 65.5 Å². The number of piperazine rings is 1. The van der Waals surface area contributed by atoms with Crippen LogP contribution in [0.4, 0.5) is 0 Å². The van der Waals surface area contributed by atoms with E-state index in [2.05, 4.69) is 13.0 Å². The van der Waals surface area contributed by atoms with Crippen molar-refractivity contribution in [1.82, 2.24) is 14.8 Å². The monoisotopic (exact) mass is 485 g/mol. The van der Waals surface area contributed by atoms with Crippen LogP contribution < -0.4 is 0 Å². The quantitative estimate of drug-likeness (QED) is 0.549. The first-order valence-corrected chi connectivity index (χ1v) is 12.9. The maximum atomic E-state index is 14.1. The summed E-state index contributed by atoms with van der Waals surface area (Å²) in [5.41, 5.74) is 4.61. The molecule has 7 heteroatoms. The second kappa shape index (κ2) is 9.54. The molecule has 4 heterocycles. The van der Waals surface area contributed by atoms with Gasteiger partial charge in [-0.05, 0) is 67.0 Å². The molecule has 36 heavy (non-hydrogen) atoms. The van der Waals surface area contributed by atoms with Gasteiger partial charge in [0.1, 0.15) is 11.9 Å². The first kappa shape index (κ1) is 23.0. The van der Waals surface area contributed by atoms with Gasteiger partial charge in [0, 0.05) is 38.2 Å². The predicted molar refractivity (Wildman–Crippen MR) is 137 cm³/mol. The summed E-state index contributed by atoms with van der Waals surface area (Å²) in [7, 11) is 0. The van der Waals surface area contributed by atoms with E-state index in [1.54, 1.807) is 6.26 Å². The molecule has 186 valence electrons. The maximum Gasteiger partial charge on any atom is 0.255 e. The highest BCUT2D eigenvalue weighted by Crippen LogP contribution is 2.39. The van der Waals surface area contributed by atoms with Crippen LogP contribution in [0.1, 0.15) is 53.6 Å². The first-order chi connectivity index (χ1) is 17.6. The van der Waals surface area contributed by atoms with Crippen LogP contribution >= 0.6 is 0 Å². The van der Waals surface area contributed by atoms with Gasteiger partial charge in [-0.25, -0.2) is 4.98 Å². The van der Waals surface area contributed by atoms with Gasteiger partial charge in [0.25, 0.3) is 11.8 Å². The van der Waals surface area contributed by atoms with Crippen molar-refractivity contribution >= 4 is 34.4 Å². The molecule has 6 rings (SSSR count). The molecule has 2 aromatic heterocycles. The minimum atomic E-state index is -0.315. The number of furan rings is 1. The molecule has 3 aromatic rings. The lowest BCUT2D eigenvalue weighted by atomic mass is 9.80. The highest BCUT2D eigenvalue weighted by atomic mass is 16.5. The third-order valence-electron chi connectivity index (χ3n) is 7.58. The Hall–Kier alpha value is -3.45. The van der Waals surface area contributed by atoms with Gasteiger partial charge in [-0.15, -0.1) is 0 Å². The lowest BCUT2D eigenvalue weighted by Crippen LogP contribution is -2.53. The normalized spacial score (nSPS) is 23.3. The molecule has 0 N–H and O–H groups in total. The van der Waals surface area contributed by atoms with Gasteiger partial charge >= 0.3 is 0 Å². The van der Waals surface area contributed by atoms with Gasteiger partial charge in [-0.2, -0.15) is 0 Å². The lowest BCUT2D eigenvalue weighted by molar-refractivity contribution is -0.142. The number of carbonyl (C=O) groups is 2. The van der Waals surface area contributed by atoms with Crippen molar-refractivity contribution in [2.45, 2.75) is 38.7 Å². The number of hydrogen-bond donors (Lipinski definition) is 0. The molecular formula is C29H31N3O4. The van der Waals surface area contributed by atoms with E-state index in [0.717, 1.165) is 64.7 Å². The molecule has 2 amide bonds. The SMILES string of the molecule is CC1C/C(=C/c2ccco2)c2nc3ccccc3c(C(=O)N3CCN(C(=O)C4CCCO4)CC3)c2C1. The predicted octanol–water partition coefficient (Wildman–Crippen LogP) is 4.41. The molecule has 7 nitrogen and oxygen atoms in total. The minimum absolute atomic E-state index is 0.0283. The summed E-state index contributed by atoms with van der Waals surface area (Å²) in [6.07, 6.45) is 6.83. The fourth-order valence-corrected chi connectivity index (χ4v) is 5.79. The zero-order chi connectivity index (χ0) is 24.6. The van der Waals surface area contributed by atoms with Crippen LogP contribution in [0.2, 0.25) is 0 Å². The molecule has 3 aliphatic rings. The summed E-state index contributed by atoms with van der Waals surface area (Å²) in [6, 6.07) is 11.7. The number of carbonyl (C=O) groups excluding carboxylic acids is 2. The van der Waals surface area contributed by atoms with E-state index in [1.807, 2.05) is 46.2 Å². The molecule has 0 bridgehead atoms. The number of para-hydroxylation sites is 1. The summed E-state index contributed by atoms with van der Waals surface area (Å²) in [6.45, 7) is 4.99. The molecule has 1 aliphatic carbocycles. The van der Waals surface area contributed by atoms with E-state index in [1.165, 1.54) is 0 Å². The van der Waals surface area contributed by atoms with Crippen LogP contribution in [0.5, 0.6) is 0 Å². The maximum absolute atomic E-state index is 14.1. The van der Waals surface area contributed by atoms with Crippen molar-refractivity contribution in [2.75, 3.05) is 32.8 Å². The molecule has 2 saturated heterocycles. The molecule has 1 aromatic carbocycles. The lowest BCUT2D eigenvalue weighted by Gasteiger charge is -2.36. The number of nitrogens with zero attached hydrogens (tertiary/aromatic N) is 3. The largest absolute Gasteiger partial charge is 0.465 e. The molecule has 0 saturated carbocycles. The van der Waals surface area contributed by atoms with Crippen LogP contribution in [0.15, 0.2) is 47.1 Å². The van der Waals surface area contributed by atoms with Crippen molar-refractivity contribution in [3.8, 4) is 0 Å². The Labute approximate surface area is 210 Å². The number of aromatic nitrogens is 1. The van der Waals surface area contributed by atoms with Gasteiger partial charge in [0.2, 0.25) is 0 Å². The molecule has 0 spiro atoms. The van der Waals surface area contributed by atoms with Crippen LogP contribution in [0.25, 0.3) is 22.6 Å². The number of amides is 2. The fourth-order valence-electron chi connectivity index (χ4n) is 5.79. The van der Waals surface area contributed by atoms with E-state index in [9.17, 15) is 9.59 Å². The van der Waals surface area contributed by atoms with Crippen molar-refractivity contribution < 1.29 is 18.7 Å². The summed E-state index contributed by atoms with van der Waals surface area (Å²) < 4.78 is 11.2. The van der Waals surface area contributed by atoms with E-state index >= 15 is 0 Å². The topological polar surface area (TPSA) is 75.9 Å². The van der Waals surface area contributed by atoms with Gasteiger partial charge in [-0.3, -0.25) is 9.59 Å². The molecule has 2 unspecified atom stereocenters. The van der Waals surface area contributed by atoms with Crippen molar-refractivity contribution in [3.05, 3.63) is 65.2 Å². The third kappa shape index (κ3) is 4.22. The second-order valence-corrected chi connectivity index (χ2v) is 10.1. The number of pyridine rings is 1.